The number of hydrogen-bond acceptors (Lipinski definition) is 7. The highest BCUT2D eigenvalue weighted by Gasteiger charge is 2.30. The summed E-state index contributed by atoms with van der Waals surface area (Å²) in [4.78, 5) is 28.2. The molecule has 9 nitrogen and oxygen atoms in total. The third-order valence-electron chi connectivity index (χ3n) is 6.59. The van der Waals surface area contributed by atoms with Crippen molar-refractivity contribution in [3.05, 3.63) is 36.4 Å². The van der Waals surface area contributed by atoms with Crippen LogP contribution in [-0.4, -0.2) is 64.3 Å². The maximum absolute atomic E-state index is 13.1. The first-order chi connectivity index (χ1) is 17.4. The molecule has 1 aliphatic carbocycles. The first-order valence-electron chi connectivity index (χ1n) is 12.2. The Hall–Kier alpha value is -3.46. The zero-order valence-electron chi connectivity index (χ0n) is 21.8. The number of methoxy groups -OCH3 is 4. The molecule has 0 spiro atoms. The van der Waals surface area contributed by atoms with Crippen LogP contribution in [0.25, 0.3) is 0 Å². The molecule has 2 aromatic carbocycles. The fourth-order valence-electron chi connectivity index (χ4n) is 4.68. The first kappa shape index (κ1) is 27.1. The van der Waals surface area contributed by atoms with E-state index in [9.17, 15) is 9.59 Å². The molecule has 0 heterocycles. The molecule has 2 atom stereocenters. The molecule has 0 aromatic heterocycles. The minimum absolute atomic E-state index is 0.0807. The van der Waals surface area contributed by atoms with Crippen molar-refractivity contribution in [1.29, 1.82) is 0 Å². The van der Waals surface area contributed by atoms with Gasteiger partial charge in [0.05, 0.1) is 52.9 Å². The van der Waals surface area contributed by atoms with Crippen molar-refractivity contribution in [2.24, 2.45) is 5.92 Å². The summed E-state index contributed by atoms with van der Waals surface area (Å²) in [6.45, 7) is 2.35. The topological polar surface area (TPSA) is 98.4 Å². The molecule has 2 N–H and O–H groups in total. The molecule has 0 saturated heterocycles. The fourth-order valence-corrected chi connectivity index (χ4v) is 4.68. The van der Waals surface area contributed by atoms with Crippen LogP contribution in [-0.2, 0) is 9.59 Å². The van der Waals surface area contributed by atoms with Crippen molar-refractivity contribution in [3.8, 4) is 23.0 Å². The van der Waals surface area contributed by atoms with Gasteiger partial charge in [-0.15, -0.1) is 0 Å². The van der Waals surface area contributed by atoms with Crippen molar-refractivity contribution in [3.63, 3.8) is 0 Å². The number of carbonyl (C=O) groups excluding carboxylic acids is 2. The molecule has 1 saturated carbocycles. The molecule has 9 heteroatoms. The minimum Gasteiger partial charge on any atom is -0.497 e. The summed E-state index contributed by atoms with van der Waals surface area (Å²) in [5, 5.41) is 5.85. The average Bonchev–Trinajstić information content (AvgIpc) is 2.89. The zero-order chi connectivity index (χ0) is 26.1. The summed E-state index contributed by atoms with van der Waals surface area (Å²) >= 11 is 0. The van der Waals surface area contributed by atoms with Gasteiger partial charge in [0.15, 0.2) is 0 Å². The van der Waals surface area contributed by atoms with Gasteiger partial charge in [-0.05, 0) is 43.0 Å². The molecule has 196 valence electrons. The lowest BCUT2D eigenvalue weighted by Crippen LogP contribution is -2.48. The average molecular weight is 500 g/mol. The van der Waals surface area contributed by atoms with Crippen molar-refractivity contribution < 1.29 is 28.5 Å². The highest BCUT2D eigenvalue weighted by Crippen LogP contribution is 2.31. The first-order valence-corrected chi connectivity index (χ1v) is 12.2. The number of benzene rings is 2. The molecule has 1 fully saturated rings. The summed E-state index contributed by atoms with van der Waals surface area (Å²) in [5.41, 5.74) is 1.10. The molecule has 0 aliphatic heterocycles. The van der Waals surface area contributed by atoms with Crippen molar-refractivity contribution in [2.75, 3.05) is 52.2 Å². The number of amides is 2. The predicted molar refractivity (Wildman–Crippen MR) is 139 cm³/mol. The van der Waals surface area contributed by atoms with Gasteiger partial charge in [-0.2, -0.15) is 0 Å². The van der Waals surface area contributed by atoms with Crippen LogP contribution in [0.4, 0.5) is 11.4 Å². The Bertz CT molecular complexity index is 973. The van der Waals surface area contributed by atoms with Crippen molar-refractivity contribution >= 4 is 23.2 Å². The molecule has 0 bridgehead atoms. The predicted octanol–water partition coefficient (Wildman–Crippen LogP) is 4.18. The maximum Gasteiger partial charge on any atom is 0.238 e. The van der Waals surface area contributed by atoms with E-state index < -0.39 is 0 Å². The largest absolute Gasteiger partial charge is 0.497 e. The van der Waals surface area contributed by atoms with Gasteiger partial charge in [-0.3, -0.25) is 14.5 Å². The van der Waals surface area contributed by atoms with Crippen LogP contribution >= 0.6 is 0 Å². The fraction of sp³-hybridized carbons (Fsp3) is 0.481. The minimum atomic E-state index is -0.217. The lowest BCUT2D eigenvalue weighted by Gasteiger charge is -2.38. The molecule has 2 unspecified atom stereocenters. The van der Waals surface area contributed by atoms with E-state index in [1.54, 1.807) is 50.6 Å². The summed E-state index contributed by atoms with van der Waals surface area (Å²) < 4.78 is 21.3. The van der Waals surface area contributed by atoms with Gasteiger partial charge in [-0.1, -0.05) is 19.8 Å². The number of ether oxygens (including phenoxy) is 4. The monoisotopic (exact) mass is 499 g/mol. The lowest BCUT2D eigenvalue weighted by molar-refractivity contribution is -0.121. The third kappa shape index (κ3) is 7.04. The SMILES string of the molecule is COc1ccc(NC(=O)CN(CC(=O)Nc2ccc(OC)cc2OC)C2CCCCC2C)c(OC)c1. The van der Waals surface area contributed by atoms with E-state index in [2.05, 4.69) is 17.6 Å². The van der Waals surface area contributed by atoms with Crippen LogP contribution in [0.5, 0.6) is 23.0 Å². The second kappa shape index (κ2) is 13.0. The van der Waals surface area contributed by atoms with E-state index in [-0.39, 0.29) is 30.9 Å². The van der Waals surface area contributed by atoms with E-state index in [1.807, 2.05) is 4.90 Å². The standard InChI is InChI=1S/C27H37N3O6/c1-18-8-6-7-9-23(18)30(16-26(31)28-21-12-10-19(33-2)14-24(21)35-4)17-27(32)29-22-13-11-20(34-3)15-25(22)36-5/h10-15,18,23H,6-9,16-17H2,1-5H3,(H,28,31)(H,29,32). The molecular formula is C27H37N3O6. The molecule has 1 aliphatic rings. The quantitative estimate of drug-likeness (QED) is 0.479. The van der Waals surface area contributed by atoms with Gasteiger partial charge in [0.1, 0.15) is 23.0 Å². The van der Waals surface area contributed by atoms with E-state index in [0.717, 1.165) is 25.7 Å². The Kier molecular flexibility index (Phi) is 9.81. The second-order valence-corrected chi connectivity index (χ2v) is 8.96. The van der Waals surface area contributed by atoms with Gasteiger partial charge in [0, 0.05) is 18.2 Å². The molecule has 36 heavy (non-hydrogen) atoms. The summed E-state index contributed by atoms with van der Waals surface area (Å²) in [6.07, 6.45) is 4.26. The summed E-state index contributed by atoms with van der Waals surface area (Å²) in [6, 6.07) is 10.6. The number of nitrogens with zero attached hydrogens (tertiary/aromatic N) is 1. The van der Waals surface area contributed by atoms with Gasteiger partial charge < -0.3 is 29.6 Å². The molecule has 2 amide bonds. The van der Waals surface area contributed by atoms with Crippen LogP contribution in [0.3, 0.4) is 0 Å². The van der Waals surface area contributed by atoms with Crippen molar-refractivity contribution in [2.45, 2.75) is 38.6 Å². The molecular weight excluding hydrogens is 462 g/mol. The van der Waals surface area contributed by atoms with E-state index in [1.165, 1.54) is 14.2 Å². The Morgan fingerprint density at radius 2 is 1.25 bits per heavy atom. The van der Waals surface area contributed by atoms with Crippen molar-refractivity contribution in [1.82, 2.24) is 4.90 Å². The van der Waals surface area contributed by atoms with Crippen LogP contribution in [0, 0.1) is 5.92 Å². The number of nitrogens with one attached hydrogen (secondary N) is 2. The number of rotatable bonds is 11. The Labute approximate surface area is 213 Å². The van der Waals surface area contributed by atoms with Gasteiger partial charge in [0.2, 0.25) is 11.8 Å². The van der Waals surface area contributed by atoms with Gasteiger partial charge >= 0.3 is 0 Å². The van der Waals surface area contributed by atoms with Crippen LogP contribution in [0.1, 0.15) is 32.6 Å². The molecule has 0 radical (unpaired) electrons. The Morgan fingerprint density at radius 3 is 1.67 bits per heavy atom. The van der Waals surface area contributed by atoms with E-state index in [4.69, 9.17) is 18.9 Å². The molecule has 3 rings (SSSR count). The Morgan fingerprint density at radius 1 is 0.778 bits per heavy atom. The normalized spacial score (nSPS) is 17.3. The zero-order valence-corrected chi connectivity index (χ0v) is 21.8. The van der Waals surface area contributed by atoms with E-state index in [0.29, 0.717) is 40.3 Å². The maximum atomic E-state index is 13.1. The number of hydrogen-bond donors (Lipinski definition) is 2. The third-order valence-corrected chi connectivity index (χ3v) is 6.59. The summed E-state index contributed by atoms with van der Waals surface area (Å²) in [5.74, 6) is 2.22. The van der Waals surface area contributed by atoms with Crippen LogP contribution < -0.4 is 29.6 Å². The lowest BCUT2D eigenvalue weighted by atomic mass is 9.85. The smallest absolute Gasteiger partial charge is 0.238 e. The van der Waals surface area contributed by atoms with Crippen LogP contribution in [0.2, 0.25) is 0 Å². The Balaban J connectivity index is 1.74. The van der Waals surface area contributed by atoms with E-state index >= 15 is 0 Å². The number of anilines is 2. The summed E-state index contributed by atoms with van der Waals surface area (Å²) in [7, 11) is 6.22. The highest BCUT2D eigenvalue weighted by atomic mass is 16.5. The van der Waals surface area contributed by atoms with Gasteiger partial charge in [0.25, 0.3) is 0 Å². The number of carbonyl (C=O) groups is 2. The molecule has 2 aromatic rings. The second-order valence-electron chi connectivity index (χ2n) is 8.96. The van der Waals surface area contributed by atoms with Crippen LogP contribution in [0.15, 0.2) is 36.4 Å². The van der Waals surface area contributed by atoms with Gasteiger partial charge in [-0.25, -0.2) is 0 Å². The highest BCUT2D eigenvalue weighted by molar-refractivity contribution is 5.96.